The van der Waals surface area contributed by atoms with Gasteiger partial charge in [-0.05, 0) is 31.4 Å². The van der Waals surface area contributed by atoms with Crippen molar-refractivity contribution in [2.45, 2.75) is 25.5 Å². The van der Waals surface area contributed by atoms with Crippen LogP contribution in [0.5, 0.6) is 0 Å². The van der Waals surface area contributed by atoms with Gasteiger partial charge in [-0.25, -0.2) is 9.50 Å². The molecule has 0 bridgehead atoms. The quantitative estimate of drug-likeness (QED) is 0.470. The molecular formula is C17H19N5OS2. The summed E-state index contributed by atoms with van der Waals surface area (Å²) in [5.41, 5.74) is 1.87. The van der Waals surface area contributed by atoms with Gasteiger partial charge in [-0.1, -0.05) is 23.9 Å². The van der Waals surface area contributed by atoms with Crippen LogP contribution < -0.4 is 0 Å². The molecular weight excluding hydrogens is 354 g/mol. The van der Waals surface area contributed by atoms with E-state index in [1.54, 1.807) is 26.8 Å². The van der Waals surface area contributed by atoms with Crippen LogP contribution in [0.2, 0.25) is 0 Å². The molecule has 25 heavy (non-hydrogen) atoms. The van der Waals surface area contributed by atoms with Gasteiger partial charge in [-0.15, -0.1) is 23.0 Å². The molecule has 8 heteroatoms. The second-order valence-corrected chi connectivity index (χ2v) is 7.55. The van der Waals surface area contributed by atoms with E-state index in [1.165, 1.54) is 11.8 Å². The Bertz CT molecular complexity index is 888. The van der Waals surface area contributed by atoms with Crippen molar-refractivity contribution in [2.75, 3.05) is 12.3 Å². The van der Waals surface area contributed by atoms with Gasteiger partial charge >= 0.3 is 0 Å². The lowest BCUT2D eigenvalue weighted by atomic mass is 10.4. The van der Waals surface area contributed by atoms with Gasteiger partial charge in [0.2, 0.25) is 11.1 Å². The van der Waals surface area contributed by atoms with Gasteiger partial charge in [0, 0.05) is 22.8 Å². The van der Waals surface area contributed by atoms with E-state index in [4.69, 9.17) is 0 Å². The molecule has 0 atom stereocenters. The Morgan fingerprint density at radius 1 is 1.44 bits per heavy atom. The molecule has 3 heterocycles. The maximum Gasteiger partial charge on any atom is 0.253 e. The monoisotopic (exact) mass is 373 g/mol. The highest BCUT2D eigenvalue weighted by atomic mass is 32.2. The molecule has 0 aromatic carbocycles. The van der Waals surface area contributed by atoms with Gasteiger partial charge in [-0.2, -0.15) is 4.98 Å². The number of rotatable bonds is 7. The zero-order valence-electron chi connectivity index (χ0n) is 14.2. The number of thiophene rings is 1. The Labute approximate surface area is 154 Å². The van der Waals surface area contributed by atoms with Crippen molar-refractivity contribution in [3.8, 4) is 0 Å². The lowest BCUT2D eigenvalue weighted by molar-refractivity contribution is -0.128. The Morgan fingerprint density at radius 2 is 2.28 bits per heavy atom. The summed E-state index contributed by atoms with van der Waals surface area (Å²) in [4.78, 5) is 24.3. The molecule has 0 aliphatic rings. The molecule has 6 nitrogen and oxygen atoms in total. The number of amides is 1. The number of thioether (sulfide) groups is 1. The normalized spacial score (nSPS) is 11.0. The highest BCUT2D eigenvalue weighted by molar-refractivity contribution is 7.99. The van der Waals surface area contributed by atoms with Crippen molar-refractivity contribution in [3.05, 3.63) is 52.5 Å². The lowest BCUT2D eigenvalue weighted by Gasteiger charge is -2.19. The average molecular weight is 374 g/mol. The maximum absolute atomic E-state index is 12.6. The van der Waals surface area contributed by atoms with Gasteiger partial charge in [-0.3, -0.25) is 4.79 Å². The van der Waals surface area contributed by atoms with Crippen LogP contribution >= 0.6 is 23.1 Å². The van der Waals surface area contributed by atoms with E-state index in [-0.39, 0.29) is 11.7 Å². The summed E-state index contributed by atoms with van der Waals surface area (Å²) < 4.78 is 1.70. The first-order chi connectivity index (χ1) is 12.1. The number of hydrogen-bond donors (Lipinski definition) is 0. The van der Waals surface area contributed by atoms with Gasteiger partial charge in [0.25, 0.3) is 5.78 Å². The number of carbonyl (C=O) groups is 1. The third-order valence-electron chi connectivity index (χ3n) is 3.55. The Kier molecular flexibility index (Phi) is 5.50. The topological polar surface area (TPSA) is 63.4 Å². The third-order valence-corrected chi connectivity index (χ3v) is 5.24. The van der Waals surface area contributed by atoms with E-state index in [2.05, 4.69) is 21.6 Å². The van der Waals surface area contributed by atoms with E-state index < -0.39 is 0 Å². The largest absolute Gasteiger partial charge is 0.333 e. The van der Waals surface area contributed by atoms with Crippen molar-refractivity contribution in [2.24, 2.45) is 0 Å². The van der Waals surface area contributed by atoms with E-state index >= 15 is 0 Å². The molecule has 3 aromatic rings. The third kappa shape index (κ3) is 4.26. The summed E-state index contributed by atoms with van der Waals surface area (Å²) in [6.45, 7) is 8.75. The lowest BCUT2D eigenvalue weighted by Crippen LogP contribution is -2.31. The summed E-state index contributed by atoms with van der Waals surface area (Å²) in [6.07, 6.45) is 1.75. The van der Waals surface area contributed by atoms with Crippen molar-refractivity contribution in [3.63, 3.8) is 0 Å². The molecule has 3 rings (SSSR count). The predicted molar refractivity (Wildman–Crippen MR) is 101 cm³/mol. The van der Waals surface area contributed by atoms with Crippen LogP contribution in [-0.4, -0.2) is 42.7 Å². The number of carbonyl (C=O) groups excluding carboxylic acids is 1. The second kappa shape index (κ2) is 7.79. The first-order valence-electron chi connectivity index (χ1n) is 7.81. The fraction of sp³-hybridized carbons (Fsp3) is 0.294. The first-order valence-corrected chi connectivity index (χ1v) is 9.68. The summed E-state index contributed by atoms with van der Waals surface area (Å²) in [5, 5.41) is 7.00. The first kappa shape index (κ1) is 17.6. The number of aromatic nitrogens is 4. The molecule has 0 aliphatic heterocycles. The van der Waals surface area contributed by atoms with Crippen molar-refractivity contribution in [1.29, 1.82) is 0 Å². The van der Waals surface area contributed by atoms with Crippen LogP contribution in [0.4, 0.5) is 0 Å². The molecule has 0 saturated carbocycles. The van der Waals surface area contributed by atoms with E-state index in [1.807, 2.05) is 37.4 Å². The van der Waals surface area contributed by atoms with Crippen molar-refractivity contribution >= 4 is 34.8 Å². The smallest absolute Gasteiger partial charge is 0.253 e. The van der Waals surface area contributed by atoms with Crippen LogP contribution in [0.25, 0.3) is 5.78 Å². The number of nitrogens with zero attached hydrogens (tertiary/aromatic N) is 5. The van der Waals surface area contributed by atoms with E-state index in [0.29, 0.717) is 24.0 Å². The second-order valence-electron chi connectivity index (χ2n) is 5.58. The number of aryl methyl sites for hydroxylation is 2. The highest BCUT2D eigenvalue weighted by Crippen LogP contribution is 2.18. The highest BCUT2D eigenvalue weighted by Gasteiger charge is 2.16. The SMILES string of the molecule is C=CCN(Cc1cccs1)C(=O)CSc1nc2nc(C)cc(C)n2n1. The summed E-state index contributed by atoms with van der Waals surface area (Å²) >= 11 is 2.97. The van der Waals surface area contributed by atoms with E-state index in [0.717, 1.165) is 16.3 Å². The van der Waals surface area contributed by atoms with Crippen LogP contribution in [-0.2, 0) is 11.3 Å². The standard InChI is InChI=1S/C17H19N5OS2/c1-4-7-21(10-14-6-5-8-24-14)15(23)11-25-17-19-16-18-12(2)9-13(3)22(16)20-17/h4-6,8-9H,1,7,10-11H2,2-3H3. The van der Waals surface area contributed by atoms with Gasteiger partial charge in [0.05, 0.1) is 12.3 Å². The molecule has 3 aromatic heterocycles. The fourth-order valence-corrected chi connectivity index (χ4v) is 3.87. The summed E-state index contributed by atoms with van der Waals surface area (Å²) in [7, 11) is 0. The molecule has 0 radical (unpaired) electrons. The molecule has 0 saturated heterocycles. The van der Waals surface area contributed by atoms with E-state index in [9.17, 15) is 4.79 Å². The van der Waals surface area contributed by atoms with Gasteiger partial charge in [0.15, 0.2) is 0 Å². The van der Waals surface area contributed by atoms with Crippen LogP contribution in [0.3, 0.4) is 0 Å². The van der Waals surface area contributed by atoms with Crippen molar-refractivity contribution in [1.82, 2.24) is 24.5 Å². The van der Waals surface area contributed by atoms with Gasteiger partial charge in [0.1, 0.15) is 0 Å². The van der Waals surface area contributed by atoms with Crippen molar-refractivity contribution < 1.29 is 4.79 Å². The number of hydrogen-bond acceptors (Lipinski definition) is 6. The Balaban J connectivity index is 1.67. The molecule has 0 fully saturated rings. The minimum absolute atomic E-state index is 0.0398. The zero-order chi connectivity index (χ0) is 17.8. The van der Waals surface area contributed by atoms with Crippen LogP contribution in [0.1, 0.15) is 16.3 Å². The molecule has 0 spiro atoms. The minimum Gasteiger partial charge on any atom is -0.333 e. The molecule has 0 N–H and O–H groups in total. The molecule has 130 valence electrons. The zero-order valence-corrected chi connectivity index (χ0v) is 15.8. The molecule has 0 unspecified atom stereocenters. The fourth-order valence-electron chi connectivity index (χ4n) is 2.43. The average Bonchev–Trinajstić information content (AvgIpc) is 3.21. The summed E-state index contributed by atoms with van der Waals surface area (Å²) in [5.74, 6) is 0.890. The minimum atomic E-state index is 0.0398. The molecule has 0 aliphatic carbocycles. The predicted octanol–water partition coefficient (Wildman–Crippen LogP) is 3.11. The Morgan fingerprint density at radius 3 is 3.00 bits per heavy atom. The van der Waals surface area contributed by atoms with Gasteiger partial charge < -0.3 is 4.90 Å². The molecule has 1 amide bonds. The summed E-state index contributed by atoms with van der Waals surface area (Å²) in [6, 6.07) is 5.97. The Hall–Kier alpha value is -2.19. The van der Waals surface area contributed by atoms with Crippen LogP contribution in [0.15, 0.2) is 41.4 Å². The van der Waals surface area contributed by atoms with Crippen LogP contribution in [0, 0.1) is 13.8 Å². The maximum atomic E-state index is 12.6. The number of fused-ring (bicyclic) bond motifs is 1.